The first-order chi connectivity index (χ1) is 16.5. The fraction of sp³-hybridized carbons (Fsp3) is 0.115. The third-order valence-electron chi connectivity index (χ3n) is 5.03. The maximum Gasteiger partial charge on any atom is 0.280 e. The van der Waals surface area contributed by atoms with Gasteiger partial charge in [0, 0.05) is 5.69 Å². The van der Waals surface area contributed by atoms with Gasteiger partial charge in [0.1, 0.15) is 0 Å². The molecule has 4 rings (SSSR count). The molecule has 1 N–H and O–H groups in total. The quantitative estimate of drug-likeness (QED) is 0.318. The number of anilines is 2. The Kier molecular flexibility index (Phi) is 7.27. The number of nitrogens with one attached hydrogen (secondary N) is 1. The summed E-state index contributed by atoms with van der Waals surface area (Å²) in [4.78, 5) is 25.3. The van der Waals surface area contributed by atoms with E-state index in [2.05, 4.69) is 33.0 Å². The van der Waals surface area contributed by atoms with Gasteiger partial charge in [-0.3, -0.25) is 9.59 Å². The topological polar surface area (TPSA) is 80.2 Å². The van der Waals surface area contributed by atoms with Crippen molar-refractivity contribution >= 4 is 57.6 Å². The van der Waals surface area contributed by atoms with Crippen LogP contribution in [0.2, 0.25) is 0 Å². The van der Waals surface area contributed by atoms with Crippen LogP contribution in [0.25, 0.3) is 6.08 Å². The van der Waals surface area contributed by atoms with E-state index in [-0.39, 0.29) is 18.4 Å². The van der Waals surface area contributed by atoms with Crippen molar-refractivity contribution in [2.45, 2.75) is 6.92 Å². The normalized spacial score (nSPS) is 14.2. The molecule has 0 radical (unpaired) electrons. The molecule has 1 aliphatic rings. The summed E-state index contributed by atoms with van der Waals surface area (Å²) in [6, 6.07) is 22.1. The number of rotatable bonds is 7. The van der Waals surface area contributed by atoms with Crippen LogP contribution < -0.4 is 19.8 Å². The van der Waals surface area contributed by atoms with E-state index in [4.69, 9.17) is 9.47 Å². The first kappa shape index (κ1) is 23.5. The van der Waals surface area contributed by atoms with Gasteiger partial charge >= 0.3 is 0 Å². The number of benzene rings is 3. The van der Waals surface area contributed by atoms with Gasteiger partial charge < -0.3 is 14.8 Å². The summed E-state index contributed by atoms with van der Waals surface area (Å²) in [5, 5.41) is 8.59. The molecule has 0 saturated heterocycles. The van der Waals surface area contributed by atoms with E-state index in [0.717, 1.165) is 9.13 Å². The summed E-state index contributed by atoms with van der Waals surface area (Å²) in [6.45, 7) is 1.63. The molecule has 172 valence electrons. The first-order valence-corrected chi connectivity index (χ1v) is 11.6. The molecular formula is C26H22IN3O4. The fourth-order valence-corrected chi connectivity index (χ4v) is 4.20. The van der Waals surface area contributed by atoms with Crippen molar-refractivity contribution in [3.8, 4) is 11.5 Å². The van der Waals surface area contributed by atoms with E-state index in [9.17, 15) is 9.59 Å². The zero-order chi connectivity index (χ0) is 24.1. The third kappa shape index (κ3) is 5.28. The predicted molar refractivity (Wildman–Crippen MR) is 141 cm³/mol. The van der Waals surface area contributed by atoms with Crippen molar-refractivity contribution in [2.24, 2.45) is 5.10 Å². The van der Waals surface area contributed by atoms with Crippen LogP contribution in [0.15, 0.2) is 83.5 Å². The number of methoxy groups -OCH3 is 1. The molecule has 3 aromatic carbocycles. The van der Waals surface area contributed by atoms with Crippen LogP contribution in [-0.4, -0.2) is 31.2 Å². The van der Waals surface area contributed by atoms with E-state index in [1.807, 2.05) is 54.6 Å². The Bertz CT molecular complexity index is 1270. The number of amides is 2. The summed E-state index contributed by atoms with van der Waals surface area (Å²) < 4.78 is 12.0. The van der Waals surface area contributed by atoms with E-state index in [1.165, 1.54) is 12.1 Å². The second kappa shape index (κ2) is 10.5. The minimum absolute atomic E-state index is 0.169. The number of ether oxygens (including phenoxy) is 2. The van der Waals surface area contributed by atoms with Crippen LogP contribution in [0.3, 0.4) is 0 Å². The molecule has 0 unspecified atom stereocenters. The molecule has 0 atom stereocenters. The van der Waals surface area contributed by atoms with Gasteiger partial charge in [-0.1, -0.05) is 36.4 Å². The summed E-state index contributed by atoms with van der Waals surface area (Å²) in [5.74, 6) is 0.448. The molecule has 0 bridgehead atoms. The minimum Gasteiger partial charge on any atom is -0.493 e. The Morgan fingerprint density at radius 3 is 2.44 bits per heavy atom. The number of para-hydroxylation sites is 2. The van der Waals surface area contributed by atoms with Gasteiger partial charge in [-0.2, -0.15) is 10.1 Å². The number of hydrogen-bond acceptors (Lipinski definition) is 5. The Hall–Kier alpha value is -3.66. The summed E-state index contributed by atoms with van der Waals surface area (Å²) in [6.07, 6.45) is 1.78. The highest BCUT2D eigenvalue weighted by atomic mass is 127. The average molecular weight is 567 g/mol. The van der Waals surface area contributed by atoms with E-state index < -0.39 is 0 Å². The maximum absolute atomic E-state index is 13.0. The average Bonchev–Trinajstić information content (AvgIpc) is 3.12. The molecule has 1 heterocycles. The van der Waals surface area contributed by atoms with Gasteiger partial charge in [0.15, 0.2) is 18.1 Å². The second-order valence-electron chi connectivity index (χ2n) is 7.43. The van der Waals surface area contributed by atoms with Gasteiger partial charge in [-0.05, 0) is 77.6 Å². The Labute approximate surface area is 211 Å². The molecule has 0 saturated carbocycles. The number of hydrogen-bond donors (Lipinski definition) is 1. The lowest BCUT2D eigenvalue weighted by Gasteiger charge is -2.14. The summed E-state index contributed by atoms with van der Waals surface area (Å²) in [7, 11) is 1.53. The smallest absolute Gasteiger partial charge is 0.280 e. The lowest BCUT2D eigenvalue weighted by molar-refractivity contribution is -0.118. The SMILES string of the molecule is COc1cc(/C=C2/C(=O)N(c3ccccc3)N=C2C)cc(I)c1OCC(=O)Nc1ccccc1. The van der Waals surface area contributed by atoms with Gasteiger partial charge in [0.2, 0.25) is 0 Å². The molecule has 34 heavy (non-hydrogen) atoms. The summed E-state index contributed by atoms with van der Waals surface area (Å²) >= 11 is 2.12. The van der Waals surface area contributed by atoms with Crippen LogP contribution in [0.4, 0.5) is 11.4 Å². The molecule has 0 fully saturated rings. The predicted octanol–water partition coefficient (Wildman–Crippen LogP) is 5.12. The highest BCUT2D eigenvalue weighted by Crippen LogP contribution is 2.35. The Morgan fingerprint density at radius 1 is 1.09 bits per heavy atom. The monoisotopic (exact) mass is 567 g/mol. The molecule has 3 aromatic rings. The van der Waals surface area contributed by atoms with Crippen LogP contribution >= 0.6 is 22.6 Å². The fourth-order valence-electron chi connectivity index (χ4n) is 3.41. The minimum atomic E-state index is -0.278. The highest BCUT2D eigenvalue weighted by Gasteiger charge is 2.28. The standard InChI is InChI=1S/C26H22IN3O4/c1-17-21(26(32)30(29-17)20-11-7-4-8-12-20)13-18-14-22(27)25(23(15-18)33-2)34-16-24(31)28-19-9-5-3-6-10-19/h3-15H,16H2,1-2H3,(H,28,31)/b21-13+. The van der Waals surface area contributed by atoms with E-state index >= 15 is 0 Å². The largest absolute Gasteiger partial charge is 0.493 e. The lowest BCUT2D eigenvalue weighted by Crippen LogP contribution is -2.21. The zero-order valence-corrected chi connectivity index (χ0v) is 20.8. The number of carbonyl (C=O) groups excluding carboxylic acids is 2. The first-order valence-electron chi connectivity index (χ1n) is 10.5. The summed E-state index contributed by atoms with van der Waals surface area (Å²) in [5.41, 5.74) is 3.29. The highest BCUT2D eigenvalue weighted by molar-refractivity contribution is 14.1. The molecule has 2 amide bonds. The molecule has 0 spiro atoms. The molecule has 0 aromatic heterocycles. The number of nitrogens with zero attached hydrogens (tertiary/aromatic N) is 2. The number of hydrazone groups is 1. The zero-order valence-electron chi connectivity index (χ0n) is 18.6. The van der Waals surface area contributed by atoms with Crippen molar-refractivity contribution < 1.29 is 19.1 Å². The van der Waals surface area contributed by atoms with Gasteiger partial charge in [-0.25, -0.2) is 0 Å². The van der Waals surface area contributed by atoms with Gasteiger partial charge in [-0.15, -0.1) is 0 Å². The maximum atomic E-state index is 13.0. The number of carbonyl (C=O) groups is 2. The van der Waals surface area contributed by atoms with Gasteiger partial charge in [0.05, 0.1) is 27.7 Å². The van der Waals surface area contributed by atoms with Crippen molar-refractivity contribution in [2.75, 3.05) is 24.0 Å². The second-order valence-corrected chi connectivity index (χ2v) is 8.60. The Balaban J connectivity index is 1.51. The molecule has 7 nitrogen and oxygen atoms in total. The van der Waals surface area contributed by atoms with Crippen LogP contribution in [0, 0.1) is 3.57 Å². The van der Waals surface area contributed by atoms with E-state index in [0.29, 0.717) is 34.2 Å². The lowest BCUT2D eigenvalue weighted by atomic mass is 10.1. The molecule has 8 heteroatoms. The van der Waals surface area contributed by atoms with Gasteiger partial charge in [0.25, 0.3) is 11.8 Å². The van der Waals surface area contributed by atoms with Crippen LogP contribution in [0.1, 0.15) is 12.5 Å². The van der Waals surface area contributed by atoms with Crippen molar-refractivity contribution in [3.63, 3.8) is 0 Å². The van der Waals surface area contributed by atoms with Crippen LogP contribution in [-0.2, 0) is 9.59 Å². The molecule has 0 aliphatic carbocycles. The van der Waals surface area contributed by atoms with E-state index in [1.54, 1.807) is 31.2 Å². The molecule has 1 aliphatic heterocycles. The van der Waals surface area contributed by atoms with Crippen LogP contribution in [0.5, 0.6) is 11.5 Å². The van der Waals surface area contributed by atoms with Crippen molar-refractivity contribution in [1.29, 1.82) is 0 Å². The number of halogens is 1. The van der Waals surface area contributed by atoms with Crippen molar-refractivity contribution in [3.05, 3.63) is 87.5 Å². The molecular weight excluding hydrogens is 545 g/mol. The van der Waals surface area contributed by atoms with Crippen molar-refractivity contribution in [1.82, 2.24) is 0 Å². The third-order valence-corrected chi connectivity index (χ3v) is 5.83. The Morgan fingerprint density at radius 2 is 1.76 bits per heavy atom.